The van der Waals surface area contributed by atoms with E-state index in [9.17, 15) is 14.7 Å². The maximum Gasteiger partial charge on any atom is 0.302 e. The van der Waals surface area contributed by atoms with Crippen molar-refractivity contribution in [2.75, 3.05) is 13.2 Å². The molecule has 0 amide bonds. The summed E-state index contributed by atoms with van der Waals surface area (Å²) in [6.45, 7) is 15.5. The first-order chi connectivity index (χ1) is 12.2. The largest absolute Gasteiger partial charge is 0.507 e. The van der Waals surface area contributed by atoms with Crippen LogP contribution in [0.3, 0.4) is 0 Å². The van der Waals surface area contributed by atoms with Gasteiger partial charge in [0.2, 0.25) is 0 Å². The first-order valence-electron chi connectivity index (χ1n) is 9.35. The fourth-order valence-electron chi connectivity index (χ4n) is 2.93. The Morgan fingerprint density at radius 2 is 1.26 bits per heavy atom. The van der Waals surface area contributed by atoms with Gasteiger partial charge in [0.05, 0.1) is 13.2 Å². The van der Waals surface area contributed by atoms with Gasteiger partial charge >= 0.3 is 11.9 Å². The van der Waals surface area contributed by atoms with E-state index in [2.05, 4.69) is 41.5 Å². The van der Waals surface area contributed by atoms with Gasteiger partial charge in [0.1, 0.15) is 5.75 Å². The zero-order chi connectivity index (χ0) is 21.0. The summed E-state index contributed by atoms with van der Waals surface area (Å²) in [6.07, 6.45) is 0.576. The van der Waals surface area contributed by atoms with Crippen LogP contribution in [-0.2, 0) is 36.3 Å². The molecule has 152 valence electrons. The number of carbonyl (C=O) groups is 2. The van der Waals surface area contributed by atoms with Gasteiger partial charge in [0.15, 0.2) is 0 Å². The van der Waals surface area contributed by atoms with Crippen molar-refractivity contribution >= 4 is 11.9 Å². The van der Waals surface area contributed by atoms with Crippen LogP contribution in [0.2, 0.25) is 0 Å². The van der Waals surface area contributed by atoms with Gasteiger partial charge < -0.3 is 14.6 Å². The Bertz CT molecular complexity index is 624. The molecule has 0 unspecified atom stereocenters. The quantitative estimate of drug-likeness (QED) is 0.748. The van der Waals surface area contributed by atoms with Crippen molar-refractivity contribution in [1.29, 1.82) is 0 Å². The number of hydrogen-bond acceptors (Lipinski definition) is 5. The Hall–Kier alpha value is -2.04. The Morgan fingerprint density at radius 3 is 1.56 bits per heavy atom. The topological polar surface area (TPSA) is 72.8 Å². The summed E-state index contributed by atoms with van der Waals surface area (Å²) in [6, 6.07) is 4.00. The average molecular weight is 379 g/mol. The molecule has 0 fully saturated rings. The van der Waals surface area contributed by atoms with Crippen LogP contribution in [0.1, 0.15) is 72.1 Å². The molecule has 0 aliphatic carbocycles. The molecule has 0 bridgehead atoms. The van der Waals surface area contributed by atoms with Gasteiger partial charge in [-0.2, -0.15) is 0 Å². The van der Waals surface area contributed by atoms with Gasteiger partial charge in [0, 0.05) is 19.8 Å². The second-order valence-electron chi connectivity index (χ2n) is 9.21. The Labute approximate surface area is 163 Å². The molecule has 1 N–H and O–H groups in total. The van der Waals surface area contributed by atoms with E-state index in [-0.39, 0.29) is 41.9 Å². The normalized spacial score (nSPS) is 12.2. The highest BCUT2D eigenvalue weighted by molar-refractivity contribution is 5.66. The van der Waals surface area contributed by atoms with Crippen molar-refractivity contribution in [3.8, 4) is 5.75 Å². The number of benzene rings is 1. The number of phenols is 1. The molecule has 0 spiro atoms. The molecule has 1 rings (SSSR count). The van der Waals surface area contributed by atoms with Crippen LogP contribution in [0.4, 0.5) is 0 Å². The third kappa shape index (κ3) is 7.24. The molecule has 5 nitrogen and oxygen atoms in total. The Balaban J connectivity index is 3.27. The van der Waals surface area contributed by atoms with Crippen LogP contribution >= 0.6 is 0 Å². The fraction of sp³-hybridized carbons (Fsp3) is 0.636. The molecule has 1 aromatic rings. The summed E-state index contributed by atoms with van der Waals surface area (Å²) in [7, 11) is 0. The molecule has 0 heterocycles. The van der Waals surface area contributed by atoms with E-state index in [1.165, 1.54) is 13.8 Å². The molecule has 27 heavy (non-hydrogen) atoms. The smallest absolute Gasteiger partial charge is 0.302 e. The maximum absolute atomic E-state index is 11.2. The van der Waals surface area contributed by atoms with Crippen LogP contribution in [0.15, 0.2) is 12.1 Å². The highest BCUT2D eigenvalue weighted by Gasteiger charge is 2.27. The van der Waals surface area contributed by atoms with Gasteiger partial charge in [-0.1, -0.05) is 53.7 Å². The molecule has 0 atom stereocenters. The van der Waals surface area contributed by atoms with E-state index in [1.54, 1.807) is 0 Å². The van der Waals surface area contributed by atoms with E-state index < -0.39 is 0 Å². The van der Waals surface area contributed by atoms with Crippen LogP contribution < -0.4 is 0 Å². The van der Waals surface area contributed by atoms with Crippen molar-refractivity contribution in [2.24, 2.45) is 5.92 Å². The number of carbonyl (C=O) groups excluding carboxylic acids is 2. The molecule has 0 aliphatic rings. The zero-order valence-corrected chi connectivity index (χ0v) is 17.9. The van der Waals surface area contributed by atoms with E-state index in [1.807, 2.05) is 12.1 Å². The SMILES string of the molecule is CC(=O)OCC(COC(C)=O)Cc1cc(C(C)(C)C)c(O)c(C(C)(C)C)c1. The number of aromatic hydroxyl groups is 1. The van der Waals surface area contributed by atoms with Gasteiger partial charge in [-0.05, 0) is 33.9 Å². The second-order valence-corrected chi connectivity index (χ2v) is 9.21. The lowest BCUT2D eigenvalue weighted by molar-refractivity contribution is -0.146. The maximum atomic E-state index is 11.2. The Morgan fingerprint density at radius 1 is 0.889 bits per heavy atom. The van der Waals surface area contributed by atoms with Crippen LogP contribution in [0, 0.1) is 5.92 Å². The predicted octanol–water partition coefficient (Wildman–Crippen LogP) is 4.27. The first-order valence-corrected chi connectivity index (χ1v) is 9.35. The molecule has 5 heteroatoms. The van der Waals surface area contributed by atoms with Crippen LogP contribution in [0.25, 0.3) is 0 Å². The second kappa shape index (κ2) is 8.77. The summed E-state index contributed by atoms with van der Waals surface area (Å²) in [4.78, 5) is 22.4. The summed E-state index contributed by atoms with van der Waals surface area (Å²) in [5.41, 5.74) is 2.34. The lowest BCUT2D eigenvalue weighted by Crippen LogP contribution is -2.23. The summed E-state index contributed by atoms with van der Waals surface area (Å²) in [5.74, 6) is -0.545. The average Bonchev–Trinajstić information content (AvgIpc) is 2.48. The molecule has 0 saturated heterocycles. The lowest BCUT2D eigenvalue weighted by atomic mass is 9.77. The molecule has 0 aliphatic heterocycles. The minimum absolute atomic E-state index is 0.150. The van der Waals surface area contributed by atoms with Gasteiger partial charge in [-0.3, -0.25) is 9.59 Å². The number of ether oxygens (including phenoxy) is 2. The van der Waals surface area contributed by atoms with Crippen molar-refractivity contribution in [3.05, 3.63) is 28.8 Å². The van der Waals surface area contributed by atoms with Crippen LogP contribution in [-0.4, -0.2) is 30.3 Å². The third-order valence-corrected chi connectivity index (χ3v) is 4.35. The van der Waals surface area contributed by atoms with E-state index in [4.69, 9.17) is 9.47 Å². The molecule has 0 radical (unpaired) electrons. The van der Waals surface area contributed by atoms with Gasteiger partial charge in [0.25, 0.3) is 0 Å². The fourth-order valence-corrected chi connectivity index (χ4v) is 2.93. The highest BCUT2D eigenvalue weighted by atomic mass is 16.5. The predicted molar refractivity (Wildman–Crippen MR) is 106 cm³/mol. The van der Waals surface area contributed by atoms with Crippen molar-refractivity contribution in [1.82, 2.24) is 0 Å². The summed E-state index contributed by atoms with van der Waals surface area (Å²) >= 11 is 0. The van der Waals surface area contributed by atoms with E-state index in [0.29, 0.717) is 12.2 Å². The molecular weight excluding hydrogens is 344 g/mol. The number of esters is 2. The highest BCUT2D eigenvalue weighted by Crippen LogP contribution is 2.40. The minimum atomic E-state index is -0.362. The van der Waals surface area contributed by atoms with E-state index in [0.717, 1.165) is 16.7 Å². The third-order valence-electron chi connectivity index (χ3n) is 4.35. The monoisotopic (exact) mass is 378 g/mol. The molecular formula is C22H34O5. The molecule has 0 aromatic heterocycles. The van der Waals surface area contributed by atoms with Gasteiger partial charge in [-0.25, -0.2) is 0 Å². The standard InChI is InChI=1S/C22H34O5/c1-14(23)26-12-17(13-27-15(2)24)9-16-10-18(21(3,4)5)20(25)19(11-16)22(6,7)8/h10-11,17,25H,9,12-13H2,1-8H3. The van der Waals surface area contributed by atoms with Crippen molar-refractivity contribution in [3.63, 3.8) is 0 Å². The lowest BCUT2D eigenvalue weighted by Gasteiger charge is -2.29. The van der Waals surface area contributed by atoms with Crippen molar-refractivity contribution < 1.29 is 24.2 Å². The van der Waals surface area contributed by atoms with E-state index >= 15 is 0 Å². The Kier molecular flexibility index (Phi) is 7.47. The van der Waals surface area contributed by atoms with Gasteiger partial charge in [-0.15, -0.1) is 0 Å². The number of rotatable bonds is 6. The summed E-state index contributed by atoms with van der Waals surface area (Å²) < 4.78 is 10.3. The number of hydrogen-bond donors (Lipinski definition) is 1. The number of phenolic OH excluding ortho intramolecular Hbond substituents is 1. The zero-order valence-electron chi connectivity index (χ0n) is 17.9. The first kappa shape index (κ1) is 23.0. The molecule has 0 saturated carbocycles. The molecule has 1 aromatic carbocycles. The summed E-state index contributed by atoms with van der Waals surface area (Å²) in [5, 5.41) is 10.8. The van der Waals surface area contributed by atoms with Crippen LogP contribution in [0.5, 0.6) is 5.75 Å². The van der Waals surface area contributed by atoms with Crippen molar-refractivity contribution in [2.45, 2.75) is 72.6 Å². The minimum Gasteiger partial charge on any atom is -0.507 e.